The van der Waals surface area contributed by atoms with Crippen LogP contribution < -0.4 is 20.7 Å². The van der Waals surface area contributed by atoms with E-state index in [2.05, 4.69) is 150 Å². The van der Waals surface area contributed by atoms with Crippen molar-refractivity contribution in [2.45, 2.75) is 31.6 Å². The Morgan fingerprint density at radius 2 is 1.02 bits per heavy atom. The lowest BCUT2D eigenvalue weighted by molar-refractivity contribution is 0.722. The molecule has 0 N–H and O–H groups in total. The molecule has 1 heterocycles. The first-order valence-corrected chi connectivity index (χ1v) is 16.6. The second-order valence-electron chi connectivity index (χ2n) is 11.0. The fourth-order valence-corrected chi connectivity index (χ4v) is 11.4. The molecule has 0 amide bonds. The van der Waals surface area contributed by atoms with Gasteiger partial charge in [0.05, 0.1) is 11.9 Å². The number of hydrogen-bond donors (Lipinski definition) is 0. The zero-order chi connectivity index (χ0) is 27.5. The average Bonchev–Trinajstić information content (AvgIpc) is 3.77. The molecular formula is C37H33N3Si. The number of hydrogen-bond acceptors (Lipinski definition) is 2. The van der Waals surface area contributed by atoms with Crippen molar-refractivity contribution >= 4 is 28.8 Å². The minimum Gasteiger partial charge on any atom is -0.220 e. The molecule has 0 radical (unpaired) electrons. The molecule has 6 aromatic rings. The molecule has 0 unspecified atom stereocenters. The number of nitrogens with zero attached hydrogens (tertiary/aromatic N) is 3. The van der Waals surface area contributed by atoms with Crippen LogP contribution in [0.3, 0.4) is 0 Å². The largest absolute Gasteiger partial charge is 0.220 e. The molecule has 1 aliphatic rings. The summed E-state index contributed by atoms with van der Waals surface area (Å²) in [6.07, 6.45) is 7.36. The summed E-state index contributed by atoms with van der Waals surface area (Å²) in [6, 6.07) is 51.0. The van der Waals surface area contributed by atoms with Crippen molar-refractivity contribution in [2.24, 2.45) is 0 Å². The van der Waals surface area contributed by atoms with E-state index in [-0.39, 0.29) is 0 Å². The van der Waals surface area contributed by atoms with Crippen molar-refractivity contribution < 1.29 is 0 Å². The standard InChI is InChI=1S/C37H33N3Si/c1-4-14-33(15-5-1)41(34-16-6-2-7-17-34,35-18-8-3-9-19-35)36-26-22-31(23-27-36)37-28-40(39-38-37)32-24-20-30(21-25-32)29-12-10-11-13-29/h1-9,14-29H,10-13H2. The summed E-state index contributed by atoms with van der Waals surface area (Å²) in [5.74, 6) is 0.715. The molecule has 41 heavy (non-hydrogen) atoms. The third kappa shape index (κ3) is 4.75. The zero-order valence-corrected chi connectivity index (χ0v) is 24.1. The average molecular weight is 548 g/mol. The Bertz CT molecular complexity index is 1610. The number of rotatable bonds is 7. The minimum absolute atomic E-state index is 0.715. The Kier molecular flexibility index (Phi) is 6.91. The molecule has 7 rings (SSSR count). The van der Waals surface area contributed by atoms with Gasteiger partial charge in [0.2, 0.25) is 0 Å². The third-order valence-electron chi connectivity index (χ3n) is 8.71. The molecule has 0 atom stereocenters. The van der Waals surface area contributed by atoms with Crippen molar-refractivity contribution in [3.63, 3.8) is 0 Å². The molecule has 0 saturated heterocycles. The van der Waals surface area contributed by atoms with Crippen molar-refractivity contribution in [2.75, 3.05) is 0 Å². The van der Waals surface area contributed by atoms with Crippen LogP contribution in [0.4, 0.5) is 0 Å². The molecule has 1 aliphatic carbocycles. The summed E-state index contributed by atoms with van der Waals surface area (Å²) in [5.41, 5.74) is 4.44. The van der Waals surface area contributed by atoms with Gasteiger partial charge < -0.3 is 0 Å². The molecule has 1 fully saturated rings. The van der Waals surface area contributed by atoms with E-state index in [4.69, 9.17) is 0 Å². The highest BCUT2D eigenvalue weighted by molar-refractivity contribution is 7.19. The lowest BCUT2D eigenvalue weighted by atomic mass is 9.98. The van der Waals surface area contributed by atoms with Crippen LogP contribution in [0.2, 0.25) is 0 Å². The van der Waals surface area contributed by atoms with Gasteiger partial charge in [-0.1, -0.05) is 145 Å². The Morgan fingerprint density at radius 3 is 1.54 bits per heavy atom. The van der Waals surface area contributed by atoms with Gasteiger partial charge in [0, 0.05) is 5.56 Å². The van der Waals surface area contributed by atoms with E-state index in [0.29, 0.717) is 5.92 Å². The molecule has 1 saturated carbocycles. The Morgan fingerprint density at radius 1 is 0.537 bits per heavy atom. The molecule has 1 aromatic heterocycles. The van der Waals surface area contributed by atoms with E-state index in [1.54, 1.807) is 0 Å². The van der Waals surface area contributed by atoms with E-state index in [1.165, 1.54) is 52.0 Å². The highest BCUT2D eigenvalue weighted by Gasteiger charge is 2.41. The van der Waals surface area contributed by atoms with Crippen molar-refractivity contribution in [3.05, 3.63) is 151 Å². The van der Waals surface area contributed by atoms with Gasteiger partial charge in [0.25, 0.3) is 0 Å². The molecule has 3 nitrogen and oxygen atoms in total. The van der Waals surface area contributed by atoms with Crippen LogP contribution in [0.1, 0.15) is 37.2 Å². The van der Waals surface area contributed by atoms with Gasteiger partial charge >= 0.3 is 0 Å². The molecule has 0 bridgehead atoms. The second-order valence-corrected chi connectivity index (χ2v) is 14.9. The van der Waals surface area contributed by atoms with Crippen LogP contribution in [0.5, 0.6) is 0 Å². The van der Waals surface area contributed by atoms with Crippen LogP contribution in [-0.4, -0.2) is 23.1 Å². The summed E-state index contributed by atoms with van der Waals surface area (Å²) >= 11 is 0. The molecule has 0 aliphatic heterocycles. The van der Waals surface area contributed by atoms with Crippen LogP contribution in [0, 0.1) is 0 Å². The zero-order valence-electron chi connectivity index (χ0n) is 23.1. The summed E-state index contributed by atoms with van der Waals surface area (Å²) in [4.78, 5) is 0. The first-order chi connectivity index (χ1) is 20.3. The van der Waals surface area contributed by atoms with Crippen molar-refractivity contribution in [1.82, 2.24) is 15.0 Å². The summed E-state index contributed by atoms with van der Waals surface area (Å²) < 4.78 is 1.89. The quantitative estimate of drug-likeness (QED) is 0.182. The van der Waals surface area contributed by atoms with E-state index >= 15 is 0 Å². The molecule has 5 aromatic carbocycles. The lowest BCUT2D eigenvalue weighted by Crippen LogP contribution is -2.74. The van der Waals surface area contributed by atoms with Gasteiger partial charge in [-0.15, -0.1) is 5.10 Å². The smallest absolute Gasteiger partial charge is 0.179 e. The second kappa shape index (κ2) is 11.1. The third-order valence-corrected chi connectivity index (χ3v) is 13.5. The Balaban J connectivity index is 1.26. The van der Waals surface area contributed by atoms with Crippen molar-refractivity contribution in [1.29, 1.82) is 0 Å². The maximum Gasteiger partial charge on any atom is 0.179 e. The van der Waals surface area contributed by atoms with Gasteiger partial charge in [-0.25, -0.2) is 4.68 Å². The van der Waals surface area contributed by atoms with E-state index in [0.717, 1.165) is 16.9 Å². The van der Waals surface area contributed by atoms with Crippen LogP contribution in [-0.2, 0) is 0 Å². The predicted octanol–water partition coefficient (Wildman–Crippen LogP) is 5.97. The minimum atomic E-state index is -2.53. The van der Waals surface area contributed by atoms with E-state index < -0.39 is 8.07 Å². The van der Waals surface area contributed by atoms with E-state index in [1.807, 2.05) is 10.9 Å². The number of benzene rings is 5. The summed E-state index contributed by atoms with van der Waals surface area (Å²) in [5, 5.41) is 14.5. The molecule has 0 spiro atoms. The highest BCUT2D eigenvalue weighted by Crippen LogP contribution is 2.34. The topological polar surface area (TPSA) is 30.7 Å². The summed E-state index contributed by atoms with van der Waals surface area (Å²) in [6.45, 7) is 0. The lowest BCUT2D eigenvalue weighted by Gasteiger charge is -2.34. The first-order valence-electron chi connectivity index (χ1n) is 14.6. The van der Waals surface area contributed by atoms with Crippen LogP contribution in [0.25, 0.3) is 16.9 Å². The Labute approximate surface area is 243 Å². The van der Waals surface area contributed by atoms with Gasteiger partial charge in [0.15, 0.2) is 8.07 Å². The Hall–Kier alpha value is -4.54. The van der Waals surface area contributed by atoms with Crippen LogP contribution in [0.15, 0.2) is 146 Å². The first kappa shape index (κ1) is 25.4. The predicted molar refractivity (Wildman–Crippen MR) is 172 cm³/mol. The SMILES string of the molecule is c1ccc([Si](c2ccccc2)(c2ccccc2)c2ccc(-c3cn(-c4ccc(C5CCCC5)cc4)nn3)cc2)cc1. The molecule has 200 valence electrons. The maximum absolute atomic E-state index is 4.55. The fourth-order valence-electron chi connectivity index (χ4n) is 6.64. The highest BCUT2D eigenvalue weighted by atomic mass is 28.3. The van der Waals surface area contributed by atoms with E-state index in [9.17, 15) is 0 Å². The van der Waals surface area contributed by atoms with Crippen molar-refractivity contribution in [3.8, 4) is 16.9 Å². The maximum atomic E-state index is 4.55. The van der Waals surface area contributed by atoms with Crippen LogP contribution >= 0.6 is 0 Å². The fraction of sp³-hybridized carbons (Fsp3) is 0.135. The monoisotopic (exact) mass is 547 g/mol. The molecule has 4 heteroatoms. The molecular weight excluding hydrogens is 515 g/mol. The van der Waals surface area contributed by atoms with Gasteiger partial charge in [-0.05, 0) is 57.2 Å². The van der Waals surface area contributed by atoms with Gasteiger partial charge in [-0.3, -0.25) is 0 Å². The normalized spacial score (nSPS) is 13.9. The number of aromatic nitrogens is 3. The summed E-state index contributed by atoms with van der Waals surface area (Å²) in [7, 11) is -2.53. The van der Waals surface area contributed by atoms with Gasteiger partial charge in [0.1, 0.15) is 5.69 Å². The van der Waals surface area contributed by atoms with Gasteiger partial charge in [-0.2, -0.15) is 0 Å².